The molecule has 0 saturated carbocycles. The Labute approximate surface area is 255 Å². The first kappa shape index (κ1) is 33.7. The van der Waals surface area contributed by atoms with E-state index >= 15 is 0 Å². The summed E-state index contributed by atoms with van der Waals surface area (Å²) in [7, 11) is -1.27. The minimum Gasteiger partial charge on any atom is -0.469 e. The van der Waals surface area contributed by atoms with Crippen molar-refractivity contribution in [3.05, 3.63) is 85.0 Å². The zero-order valence-electron chi connectivity index (χ0n) is 26.5. The van der Waals surface area contributed by atoms with E-state index in [0.717, 1.165) is 57.8 Å². The molecule has 0 spiro atoms. The molecule has 2 aromatic carbocycles. The van der Waals surface area contributed by atoms with Crippen molar-refractivity contribution >= 4 is 30.4 Å². The molecule has 0 fully saturated rings. The van der Waals surface area contributed by atoms with Gasteiger partial charge in [-0.1, -0.05) is 145 Å². The van der Waals surface area contributed by atoms with Crippen LogP contribution < -0.4 is 10.4 Å². The number of unbranched alkanes of at least 4 members (excludes halogenated alkanes) is 5. The van der Waals surface area contributed by atoms with Crippen molar-refractivity contribution in [2.75, 3.05) is 7.11 Å². The van der Waals surface area contributed by atoms with Gasteiger partial charge in [-0.15, -0.1) is 0 Å². The van der Waals surface area contributed by atoms with Crippen molar-refractivity contribution in [1.29, 1.82) is 0 Å². The van der Waals surface area contributed by atoms with Crippen LogP contribution in [0.5, 0.6) is 0 Å². The number of allylic oxidation sites excluding steroid dienone is 3. The molecule has 0 amide bonds. The molecule has 1 aliphatic carbocycles. The van der Waals surface area contributed by atoms with Crippen molar-refractivity contribution in [2.24, 2.45) is 11.8 Å². The maximum atomic E-state index is 13.0. The molecule has 0 aromatic heterocycles. The van der Waals surface area contributed by atoms with Crippen LogP contribution in [0.15, 0.2) is 85.0 Å². The third-order valence-electron chi connectivity index (χ3n) is 8.56. The Bertz CT molecular complexity index is 1110. The van der Waals surface area contributed by atoms with E-state index in [1.165, 1.54) is 17.5 Å². The number of esters is 1. The molecule has 228 valence electrons. The number of carbonyl (C=O) groups is 2. The lowest BCUT2D eigenvalue weighted by Gasteiger charge is -2.45. The van der Waals surface area contributed by atoms with Gasteiger partial charge in [-0.25, -0.2) is 0 Å². The second kappa shape index (κ2) is 16.8. The SMILES string of the molecule is CCCCC[C@@H](/C=C/[C@H]1C(=O)C=C[C@@H]1CCCCCCC(=O)OC)O[Si](c1ccccc1)(c1ccccc1)C(C)(C)C. The molecular weight excluding hydrogens is 536 g/mol. The van der Waals surface area contributed by atoms with E-state index in [2.05, 4.69) is 107 Å². The van der Waals surface area contributed by atoms with E-state index in [-0.39, 0.29) is 34.7 Å². The van der Waals surface area contributed by atoms with Crippen molar-refractivity contribution in [1.82, 2.24) is 0 Å². The van der Waals surface area contributed by atoms with Crippen LogP contribution in [0.4, 0.5) is 0 Å². The Morgan fingerprint density at radius 3 is 2.10 bits per heavy atom. The predicted octanol–water partition coefficient (Wildman–Crippen LogP) is 7.95. The molecule has 0 heterocycles. The van der Waals surface area contributed by atoms with Gasteiger partial charge in [0, 0.05) is 12.3 Å². The van der Waals surface area contributed by atoms with E-state index in [0.29, 0.717) is 6.42 Å². The van der Waals surface area contributed by atoms with Crippen LogP contribution in [0.3, 0.4) is 0 Å². The highest BCUT2D eigenvalue weighted by Gasteiger charge is 2.51. The summed E-state index contributed by atoms with van der Waals surface area (Å²) in [5.41, 5.74) is 0. The van der Waals surface area contributed by atoms with Gasteiger partial charge < -0.3 is 9.16 Å². The lowest BCUT2D eigenvalue weighted by atomic mass is 9.89. The highest BCUT2D eigenvalue weighted by Crippen LogP contribution is 2.38. The van der Waals surface area contributed by atoms with Crippen LogP contribution >= 0.6 is 0 Å². The van der Waals surface area contributed by atoms with Crippen molar-refractivity contribution < 1.29 is 18.8 Å². The monoisotopic (exact) mass is 588 g/mol. The fraction of sp³-hybridized carbons (Fsp3) is 0.514. The molecule has 0 unspecified atom stereocenters. The topological polar surface area (TPSA) is 52.6 Å². The molecule has 0 N–H and O–H groups in total. The molecule has 3 atom stereocenters. The molecular formula is C37H52O4Si. The normalized spacial score (nSPS) is 18.1. The van der Waals surface area contributed by atoms with Gasteiger partial charge in [0.05, 0.1) is 13.2 Å². The van der Waals surface area contributed by atoms with E-state index in [1.54, 1.807) is 6.08 Å². The molecule has 3 rings (SSSR count). The van der Waals surface area contributed by atoms with E-state index in [4.69, 9.17) is 9.16 Å². The standard InChI is InChI=1S/C37H52O4Si/c1-6-7-12-20-31(27-28-34-30(26-29-35(34)38)19-13-8-9-18-25-36(39)40-5)41-42(37(2,3)4,32-21-14-10-15-22-32)33-23-16-11-17-24-33/h10-11,14-17,21-24,26-31,34H,6-9,12-13,18-20,25H2,1-5H3/b28-27+/t30-,31-,34+/m0/s1. The number of carbonyl (C=O) groups excluding carboxylic acids is 2. The molecule has 42 heavy (non-hydrogen) atoms. The van der Waals surface area contributed by atoms with Crippen molar-refractivity contribution in [3.8, 4) is 0 Å². The smallest absolute Gasteiger partial charge is 0.305 e. The second-order valence-corrected chi connectivity index (χ2v) is 16.9. The second-order valence-electron chi connectivity index (χ2n) is 12.7. The fourth-order valence-electron chi connectivity index (χ4n) is 6.23. The first-order chi connectivity index (χ1) is 20.2. The van der Waals surface area contributed by atoms with Crippen LogP contribution in [0.25, 0.3) is 0 Å². The molecule has 4 nitrogen and oxygen atoms in total. The lowest BCUT2D eigenvalue weighted by molar-refractivity contribution is -0.140. The van der Waals surface area contributed by atoms with Gasteiger partial charge in [-0.05, 0) is 46.7 Å². The Morgan fingerprint density at radius 2 is 1.52 bits per heavy atom. The van der Waals surface area contributed by atoms with Crippen molar-refractivity contribution in [3.63, 3.8) is 0 Å². The maximum Gasteiger partial charge on any atom is 0.305 e. The molecule has 0 aliphatic heterocycles. The highest BCUT2D eigenvalue weighted by atomic mass is 28.4. The molecule has 1 aliphatic rings. The van der Waals surface area contributed by atoms with Crippen LogP contribution in [0.2, 0.25) is 5.04 Å². The van der Waals surface area contributed by atoms with Gasteiger partial charge >= 0.3 is 5.97 Å². The number of hydrogen-bond acceptors (Lipinski definition) is 4. The molecule has 0 radical (unpaired) electrons. The fourth-order valence-corrected chi connectivity index (χ4v) is 10.9. The van der Waals surface area contributed by atoms with Gasteiger partial charge in [-0.3, -0.25) is 9.59 Å². The van der Waals surface area contributed by atoms with Gasteiger partial charge in [0.1, 0.15) is 0 Å². The highest BCUT2D eigenvalue weighted by molar-refractivity contribution is 6.99. The number of ether oxygens (including phenoxy) is 1. The average molecular weight is 589 g/mol. The minimum atomic E-state index is -2.71. The zero-order chi connectivity index (χ0) is 30.4. The first-order valence-corrected chi connectivity index (χ1v) is 17.9. The molecule has 0 saturated heterocycles. The summed E-state index contributed by atoms with van der Waals surface area (Å²) in [6.07, 6.45) is 17.9. The van der Waals surface area contributed by atoms with Gasteiger partial charge in [0.25, 0.3) is 8.32 Å². The molecule has 0 bridgehead atoms. The summed E-state index contributed by atoms with van der Waals surface area (Å²) in [5.74, 6) is 0.146. The third-order valence-corrected chi connectivity index (χ3v) is 13.6. The van der Waals surface area contributed by atoms with E-state index in [1.807, 2.05) is 0 Å². The summed E-state index contributed by atoms with van der Waals surface area (Å²) in [6, 6.07) is 21.6. The summed E-state index contributed by atoms with van der Waals surface area (Å²) >= 11 is 0. The summed E-state index contributed by atoms with van der Waals surface area (Å²) in [4.78, 5) is 24.3. The van der Waals surface area contributed by atoms with Crippen LogP contribution in [0, 0.1) is 11.8 Å². The van der Waals surface area contributed by atoms with Crippen LogP contribution in [0.1, 0.15) is 91.9 Å². The summed E-state index contributed by atoms with van der Waals surface area (Å²) < 4.78 is 12.2. The number of methoxy groups -OCH3 is 1. The largest absolute Gasteiger partial charge is 0.469 e. The first-order valence-electron chi connectivity index (χ1n) is 16.0. The Morgan fingerprint density at radius 1 is 0.905 bits per heavy atom. The minimum absolute atomic E-state index is 0.0739. The quantitative estimate of drug-likeness (QED) is 0.0814. The maximum absolute atomic E-state index is 13.0. The summed E-state index contributed by atoms with van der Waals surface area (Å²) in [6.45, 7) is 9.18. The number of hydrogen-bond donors (Lipinski definition) is 0. The number of ketones is 1. The van der Waals surface area contributed by atoms with Crippen molar-refractivity contribution in [2.45, 2.75) is 103 Å². The molecule has 2 aromatic rings. The predicted molar refractivity (Wildman–Crippen MR) is 177 cm³/mol. The van der Waals surface area contributed by atoms with Gasteiger partial charge in [0.15, 0.2) is 5.78 Å². The molecule has 5 heteroatoms. The Balaban J connectivity index is 1.83. The van der Waals surface area contributed by atoms with Gasteiger partial charge in [-0.2, -0.15) is 0 Å². The number of benzene rings is 2. The summed E-state index contributed by atoms with van der Waals surface area (Å²) in [5, 5.41) is 2.45. The van der Waals surface area contributed by atoms with Gasteiger partial charge in [0.2, 0.25) is 0 Å². The van der Waals surface area contributed by atoms with E-state index in [9.17, 15) is 9.59 Å². The average Bonchev–Trinajstić information content (AvgIpc) is 3.34. The third kappa shape index (κ3) is 9.12. The van der Waals surface area contributed by atoms with Crippen LogP contribution in [-0.4, -0.2) is 33.3 Å². The lowest BCUT2D eigenvalue weighted by Crippen LogP contribution is -2.67. The zero-order valence-corrected chi connectivity index (χ0v) is 27.5. The number of rotatable bonds is 17. The Hall–Kier alpha value is -2.76. The van der Waals surface area contributed by atoms with Crippen LogP contribution in [-0.2, 0) is 18.8 Å². The Kier molecular flexibility index (Phi) is 13.5. The van der Waals surface area contributed by atoms with E-state index < -0.39 is 8.32 Å².